The number of carbonyl (C=O) groups is 3. The molecule has 134 valence electrons. The first-order chi connectivity index (χ1) is 11.9. The van der Waals surface area contributed by atoms with E-state index in [1.54, 1.807) is 38.1 Å². The molecule has 1 aromatic rings. The van der Waals surface area contributed by atoms with E-state index in [-0.39, 0.29) is 30.9 Å². The van der Waals surface area contributed by atoms with Crippen LogP contribution in [0.4, 0.5) is 4.79 Å². The molecule has 0 saturated heterocycles. The van der Waals surface area contributed by atoms with Gasteiger partial charge < -0.3 is 20.1 Å². The lowest BCUT2D eigenvalue weighted by molar-refractivity contribution is -0.143. The monoisotopic (exact) mass is 366 g/mol. The Bertz CT molecular complexity index is 699. The van der Waals surface area contributed by atoms with Crippen molar-refractivity contribution < 1.29 is 23.9 Å². The van der Waals surface area contributed by atoms with Gasteiger partial charge in [-0.25, -0.2) is 9.59 Å². The van der Waals surface area contributed by atoms with E-state index in [0.717, 1.165) is 5.56 Å². The van der Waals surface area contributed by atoms with Crippen LogP contribution < -0.4 is 10.6 Å². The maximum Gasteiger partial charge on any atom is 0.338 e. The smallest absolute Gasteiger partial charge is 0.338 e. The average Bonchev–Trinajstić information content (AvgIpc) is 2.54. The zero-order valence-corrected chi connectivity index (χ0v) is 14.7. The average molecular weight is 367 g/mol. The highest BCUT2D eigenvalue weighted by Gasteiger charge is 2.30. The van der Waals surface area contributed by atoms with E-state index < -0.39 is 24.0 Å². The Morgan fingerprint density at radius 2 is 1.88 bits per heavy atom. The Balaban J connectivity index is 2.05. The number of rotatable bonds is 6. The quantitative estimate of drug-likeness (QED) is 0.750. The number of benzene rings is 1. The number of ether oxygens (including phenoxy) is 2. The van der Waals surface area contributed by atoms with Gasteiger partial charge in [-0.1, -0.05) is 23.7 Å². The third kappa shape index (κ3) is 5.22. The first-order valence-electron chi connectivity index (χ1n) is 7.78. The summed E-state index contributed by atoms with van der Waals surface area (Å²) in [5.41, 5.74) is 1.21. The summed E-state index contributed by atoms with van der Waals surface area (Å²) in [7, 11) is 0. The molecule has 0 fully saturated rings. The largest absolute Gasteiger partial charge is 0.463 e. The molecule has 1 aliphatic rings. The van der Waals surface area contributed by atoms with Crippen molar-refractivity contribution >= 4 is 29.6 Å². The predicted molar refractivity (Wildman–Crippen MR) is 90.9 cm³/mol. The van der Waals surface area contributed by atoms with Gasteiger partial charge in [0.25, 0.3) is 0 Å². The first kappa shape index (κ1) is 18.8. The summed E-state index contributed by atoms with van der Waals surface area (Å²) in [6.45, 7) is 3.31. The summed E-state index contributed by atoms with van der Waals surface area (Å²) in [5, 5.41) is 5.64. The van der Waals surface area contributed by atoms with Gasteiger partial charge in [-0.05, 0) is 31.5 Å². The van der Waals surface area contributed by atoms with Gasteiger partial charge >= 0.3 is 18.0 Å². The van der Waals surface area contributed by atoms with Crippen LogP contribution in [0.25, 0.3) is 0 Å². The lowest BCUT2D eigenvalue weighted by Crippen LogP contribution is -2.50. The summed E-state index contributed by atoms with van der Waals surface area (Å²) in [4.78, 5) is 35.7. The number of nitrogens with one attached hydrogen (secondary N) is 2. The summed E-state index contributed by atoms with van der Waals surface area (Å²) in [6, 6.07) is 5.80. The van der Waals surface area contributed by atoms with Crippen molar-refractivity contribution in [2.24, 2.45) is 0 Å². The van der Waals surface area contributed by atoms with Crippen LogP contribution in [0.5, 0.6) is 0 Å². The number of carbonyl (C=O) groups excluding carboxylic acids is 3. The second-order valence-corrected chi connectivity index (χ2v) is 5.83. The fourth-order valence-electron chi connectivity index (χ4n) is 2.37. The summed E-state index contributed by atoms with van der Waals surface area (Å²) < 4.78 is 10.2. The van der Waals surface area contributed by atoms with Gasteiger partial charge in [-0.3, -0.25) is 4.79 Å². The molecular formula is C17H19ClN2O5. The zero-order chi connectivity index (χ0) is 18.4. The number of hydrogen-bond acceptors (Lipinski definition) is 5. The summed E-state index contributed by atoms with van der Waals surface area (Å²) >= 11 is 5.80. The lowest BCUT2D eigenvalue weighted by Gasteiger charge is -2.26. The molecule has 2 N–H and O–H groups in total. The van der Waals surface area contributed by atoms with E-state index in [9.17, 15) is 14.4 Å². The Hall–Kier alpha value is -2.54. The van der Waals surface area contributed by atoms with Crippen LogP contribution in [-0.2, 0) is 25.5 Å². The molecule has 0 aliphatic carbocycles. The number of hydrogen-bond donors (Lipinski definition) is 2. The molecule has 25 heavy (non-hydrogen) atoms. The first-order valence-corrected chi connectivity index (χ1v) is 8.16. The molecule has 1 aromatic carbocycles. The van der Waals surface area contributed by atoms with E-state index in [0.29, 0.717) is 5.02 Å². The Morgan fingerprint density at radius 1 is 1.20 bits per heavy atom. The van der Waals surface area contributed by atoms with Crippen molar-refractivity contribution in [1.82, 2.24) is 10.6 Å². The minimum atomic E-state index is -0.564. The van der Waals surface area contributed by atoms with Gasteiger partial charge in [0.2, 0.25) is 0 Å². The topological polar surface area (TPSA) is 93.7 Å². The highest BCUT2D eigenvalue weighted by Crippen LogP contribution is 2.15. The molecule has 0 bridgehead atoms. The fraction of sp³-hybridized carbons (Fsp3) is 0.353. The lowest BCUT2D eigenvalue weighted by atomic mass is 10.0. The Kier molecular flexibility index (Phi) is 6.41. The number of esters is 2. The van der Waals surface area contributed by atoms with E-state index in [1.807, 2.05) is 0 Å². The van der Waals surface area contributed by atoms with Crippen LogP contribution in [0, 0.1) is 0 Å². The van der Waals surface area contributed by atoms with Crippen LogP contribution in [-0.4, -0.2) is 37.2 Å². The van der Waals surface area contributed by atoms with Gasteiger partial charge in [-0.15, -0.1) is 0 Å². The van der Waals surface area contributed by atoms with Crippen LogP contribution in [0.2, 0.25) is 5.02 Å². The van der Waals surface area contributed by atoms with E-state index in [4.69, 9.17) is 21.1 Å². The van der Waals surface area contributed by atoms with Crippen LogP contribution in [0.15, 0.2) is 35.5 Å². The van der Waals surface area contributed by atoms with Gasteiger partial charge in [-0.2, -0.15) is 0 Å². The SMILES string of the molecule is CCOC(=O)C1=C(COC(=O)Cc2ccc(Cl)cc2)NC(=O)N[C@H]1C. The molecular weight excluding hydrogens is 348 g/mol. The fourth-order valence-corrected chi connectivity index (χ4v) is 2.49. The number of urea groups is 1. The third-order valence-corrected chi connectivity index (χ3v) is 3.76. The maximum atomic E-state index is 12.1. The molecule has 1 atom stereocenters. The minimum absolute atomic E-state index is 0.0565. The highest BCUT2D eigenvalue weighted by molar-refractivity contribution is 6.30. The second-order valence-electron chi connectivity index (χ2n) is 5.40. The summed E-state index contributed by atoms with van der Waals surface area (Å²) in [5.74, 6) is -1.05. The molecule has 1 heterocycles. The minimum Gasteiger partial charge on any atom is -0.463 e. The van der Waals surface area contributed by atoms with Crippen molar-refractivity contribution in [1.29, 1.82) is 0 Å². The van der Waals surface area contributed by atoms with Crippen molar-refractivity contribution in [3.63, 3.8) is 0 Å². The van der Waals surface area contributed by atoms with Gasteiger partial charge in [0.05, 0.1) is 30.3 Å². The second kappa shape index (κ2) is 8.53. The van der Waals surface area contributed by atoms with E-state index in [1.165, 1.54) is 0 Å². The standard InChI is InChI=1S/C17H19ClN2O5/c1-3-24-16(22)15-10(2)19-17(23)20-13(15)9-25-14(21)8-11-4-6-12(18)7-5-11/h4-7,10H,3,8-9H2,1-2H3,(H2,19,20,23)/t10-/m0/s1. The normalized spacial score (nSPS) is 16.8. The molecule has 0 unspecified atom stereocenters. The van der Waals surface area contributed by atoms with Crippen molar-refractivity contribution in [3.05, 3.63) is 46.1 Å². The van der Waals surface area contributed by atoms with Gasteiger partial charge in [0.1, 0.15) is 6.61 Å². The predicted octanol–water partition coefficient (Wildman–Crippen LogP) is 1.94. The van der Waals surface area contributed by atoms with E-state index in [2.05, 4.69) is 10.6 Å². The molecule has 7 nitrogen and oxygen atoms in total. The van der Waals surface area contributed by atoms with Crippen LogP contribution in [0.1, 0.15) is 19.4 Å². The van der Waals surface area contributed by atoms with Crippen molar-refractivity contribution in [2.45, 2.75) is 26.3 Å². The van der Waals surface area contributed by atoms with Crippen LogP contribution in [0.3, 0.4) is 0 Å². The van der Waals surface area contributed by atoms with Gasteiger partial charge in [0, 0.05) is 5.02 Å². The van der Waals surface area contributed by atoms with Crippen molar-refractivity contribution in [2.75, 3.05) is 13.2 Å². The molecule has 0 radical (unpaired) electrons. The third-order valence-electron chi connectivity index (χ3n) is 3.50. The number of amides is 2. The molecule has 2 rings (SSSR count). The summed E-state index contributed by atoms with van der Waals surface area (Å²) in [6.07, 6.45) is 0.0565. The van der Waals surface area contributed by atoms with Crippen LogP contribution >= 0.6 is 11.6 Å². The molecule has 0 spiro atoms. The zero-order valence-electron chi connectivity index (χ0n) is 13.9. The molecule has 0 aromatic heterocycles. The highest BCUT2D eigenvalue weighted by atomic mass is 35.5. The molecule has 2 amide bonds. The van der Waals surface area contributed by atoms with E-state index >= 15 is 0 Å². The van der Waals surface area contributed by atoms with Gasteiger partial charge in [0.15, 0.2) is 0 Å². The molecule has 1 aliphatic heterocycles. The Labute approximate surface area is 150 Å². The molecule has 8 heteroatoms. The molecule has 0 saturated carbocycles. The van der Waals surface area contributed by atoms with Crippen molar-refractivity contribution in [3.8, 4) is 0 Å². The Morgan fingerprint density at radius 3 is 2.52 bits per heavy atom. The maximum absolute atomic E-state index is 12.1. The number of halogens is 1.